The first-order chi connectivity index (χ1) is 7.72. The van der Waals surface area contributed by atoms with Crippen molar-refractivity contribution in [3.05, 3.63) is 0 Å². The highest BCUT2D eigenvalue weighted by Gasteiger charge is 2.41. The lowest BCUT2D eigenvalue weighted by Gasteiger charge is -2.38. The van der Waals surface area contributed by atoms with E-state index in [0.717, 1.165) is 19.3 Å². The molecular formula is C11H20N2O3S. The summed E-state index contributed by atoms with van der Waals surface area (Å²) >= 11 is 0. The van der Waals surface area contributed by atoms with Gasteiger partial charge in [0.25, 0.3) is 0 Å². The Labute approximate surface area is 102 Å². The number of hydrogen-bond acceptors (Lipinski definition) is 4. The third kappa shape index (κ3) is 2.98. The maximum Gasteiger partial charge on any atom is 0.222 e. The third-order valence-electron chi connectivity index (χ3n) is 3.81. The summed E-state index contributed by atoms with van der Waals surface area (Å²) in [6.07, 6.45) is 3.65. The number of amides is 1. The zero-order chi connectivity index (χ0) is 12.7. The highest BCUT2D eigenvalue weighted by molar-refractivity contribution is 7.91. The summed E-state index contributed by atoms with van der Waals surface area (Å²) in [5.74, 6) is 0.0905. The van der Waals surface area contributed by atoms with Crippen LogP contribution in [0.15, 0.2) is 0 Å². The number of hydrogen-bond donors (Lipinski definition) is 2. The van der Waals surface area contributed by atoms with Gasteiger partial charge in [0.2, 0.25) is 5.91 Å². The Morgan fingerprint density at radius 2 is 2.00 bits per heavy atom. The van der Waals surface area contributed by atoms with Crippen molar-refractivity contribution in [1.82, 2.24) is 5.32 Å². The summed E-state index contributed by atoms with van der Waals surface area (Å²) < 4.78 is 22.8. The van der Waals surface area contributed by atoms with Gasteiger partial charge in [0.15, 0.2) is 9.84 Å². The predicted molar refractivity (Wildman–Crippen MR) is 65.2 cm³/mol. The first-order valence-corrected chi connectivity index (χ1v) is 7.85. The molecule has 1 heterocycles. The topological polar surface area (TPSA) is 89.3 Å². The molecule has 0 bridgehead atoms. The van der Waals surface area contributed by atoms with Crippen LogP contribution in [-0.2, 0) is 14.6 Å². The molecule has 2 fully saturated rings. The van der Waals surface area contributed by atoms with E-state index in [1.54, 1.807) is 6.92 Å². The van der Waals surface area contributed by atoms with E-state index in [1.807, 2.05) is 0 Å². The van der Waals surface area contributed by atoms with Crippen LogP contribution in [0.3, 0.4) is 0 Å². The highest BCUT2D eigenvalue weighted by Crippen LogP contribution is 2.32. The highest BCUT2D eigenvalue weighted by atomic mass is 32.2. The molecule has 5 nitrogen and oxygen atoms in total. The summed E-state index contributed by atoms with van der Waals surface area (Å²) in [7, 11) is -2.98. The summed E-state index contributed by atoms with van der Waals surface area (Å²) in [4.78, 5) is 11.8. The van der Waals surface area contributed by atoms with Crippen molar-refractivity contribution in [1.29, 1.82) is 0 Å². The zero-order valence-electron chi connectivity index (χ0n) is 10.2. The second kappa shape index (κ2) is 3.95. The molecule has 0 aromatic carbocycles. The first kappa shape index (κ1) is 12.8. The zero-order valence-corrected chi connectivity index (χ0v) is 11.0. The Kier molecular flexibility index (Phi) is 2.98. The Morgan fingerprint density at radius 1 is 1.35 bits per heavy atom. The number of carbonyl (C=O) groups excluding carboxylic acids is 1. The van der Waals surface area contributed by atoms with Crippen LogP contribution in [0.1, 0.15) is 39.0 Å². The molecule has 3 N–H and O–H groups in total. The Balaban J connectivity index is 1.90. The first-order valence-electron chi connectivity index (χ1n) is 6.02. The fourth-order valence-electron chi connectivity index (χ4n) is 2.62. The molecule has 2 aliphatic rings. The second-order valence-electron chi connectivity index (χ2n) is 5.84. The van der Waals surface area contributed by atoms with E-state index in [4.69, 9.17) is 5.73 Å². The fraction of sp³-hybridized carbons (Fsp3) is 0.909. The predicted octanol–water partition coefficient (Wildman–Crippen LogP) is -0.0487. The van der Waals surface area contributed by atoms with E-state index in [1.165, 1.54) is 0 Å². The van der Waals surface area contributed by atoms with Crippen LogP contribution < -0.4 is 11.1 Å². The maximum atomic E-state index is 11.8. The quantitative estimate of drug-likeness (QED) is 0.744. The molecule has 98 valence electrons. The van der Waals surface area contributed by atoms with Gasteiger partial charge in [-0.15, -0.1) is 0 Å². The second-order valence-corrected chi connectivity index (χ2v) is 8.03. The van der Waals surface area contributed by atoms with Crippen LogP contribution in [0.25, 0.3) is 0 Å². The molecule has 2 rings (SSSR count). The van der Waals surface area contributed by atoms with Gasteiger partial charge in [-0.25, -0.2) is 8.42 Å². The molecule has 1 amide bonds. The van der Waals surface area contributed by atoms with E-state index in [-0.39, 0.29) is 23.0 Å². The van der Waals surface area contributed by atoms with Gasteiger partial charge in [-0.1, -0.05) is 0 Å². The van der Waals surface area contributed by atoms with Gasteiger partial charge in [-0.2, -0.15) is 0 Å². The number of nitrogens with one attached hydrogen (secondary N) is 1. The van der Waals surface area contributed by atoms with Crippen molar-refractivity contribution >= 4 is 15.7 Å². The molecule has 6 heteroatoms. The van der Waals surface area contributed by atoms with Crippen LogP contribution in [0.4, 0.5) is 0 Å². The summed E-state index contributed by atoms with van der Waals surface area (Å²) in [5, 5.41) is 2.84. The van der Waals surface area contributed by atoms with Crippen LogP contribution in [-0.4, -0.2) is 36.9 Å². The van der Waals surface area contributed by atoms with Crippen molar-refractivity contribution in [2.45, 2.75) is 50.1 Å². The van der Waals surface area contributed by atoms with E-state index in [0.29, 0.717) is 12.8 Å². The van der Waals surface area contributed by atoms with Gasteiger partial charge in [-0.3, -0.25) is 4.79 Å². The summed E-state index contributed by atoms with van der Waals surface area (Å²) in [6, 6.07) is 0. The van der Waals surface area contributed by atoms with Gasteiger partial charge in [-0.05, 0) is 32.6 Å². The van der Waals surface area contributed by atoms with Gasteiger partial charge < -0.3 is 11.1 Å². The van der Waals surface area contributed by atoms with E-state index >= 15 is 0 Å². The van der Waals surface area contributed by atoms with Gasteiger partial charge >= 0.3 is 0 Å². The minimum atomic E-state index is -2.98. The largest absolute Gasteiger partial charge is 0.350 e. The lowest BCUT2D eigenvalue weighted by Crippen LogP contribution is -2.54. The minimum absolute atomic E-state index is 0.0450. The molecule has 0 radical (unpaired) electrons. The van der Waals surface area contributed by atoms with Crippen molar-refractivity contribution in [2.24, 2.45) is 5.73 Å². The SMILES string of the molecule is CC1(NC(=O)CC2(N)CCC2)CCS(=O)(=O)C1. The fourth-order valence-corrected chi connectivity index (χ4v) is 4.71. The van der Waals surface area contributed by atoms with Crippen LogP contribution in [0, 0.1) is 0 Å². The molecule has 1 saturated carbocycles. The molecule has 1 atom stereocenters. The van der Waals surface area contributed by atoms with Gasteiger partial charge in [0.1, 0.15) is 0 Å². The Bertz CT molecular complexity index is 428. The Hall–Kier alpha value is -0.620. The number of rotatable bonds is 3. The smallest absolute Gasteiger partial charge is 0.222 e. The molecule has 1 saturated heterocycles. The molecule has 1 aliphatic heterocycles. The summed E-state index contributed by atoms with van der Waals surface area (Å²) in [6.45, 7) is 1.79. The van der Waals surface area contributed by atoms with E-state index < -0.39 is 15.4 Å². The number of carbonyl (C=O) groups is 1. The monoisotopic (exact) mass is 260 g/mol. The Morgan fingerprint density at radius 3 is 2.41 bits per heavy atom. The van der Waals surface area contributed by atoms with E-state index in [9.17, 15) is 13.2 Å². The molecular weight excluding hydrogens is 240 g/mol. The van der Waals surface area contributed by atoms with Gasteiger partial charge in [0, 0.05) is 12.0 Å². The third-order valence-corrected chi connectivity index (χ3v) is 5.71. The normalized spacial score (nSPS) is 34.0. The van der Waals surface area contributed by atoms with Crippen molar-refractivity contribution in [3.63, 3.8) is 0 Å². The number of sulfone groups is 1. The maximum absolute atomic E-state index is 11.8. The van der Waals surface area contributed by atoms with Crippen molar-refractivity contribution < 1.29 is 13.2 Å². The minimum Gasteiger partial charge on any atom is -0.350 e. The average Bonchev–Trinajstić information content (AvgIpc) is 2.37. The van der Waals surface area contributed by atoms with Crippen molar-refractivity contribution in [3.8, 4) is 0 Å². The standard InChI is InChI=1S/C11H20N2O3S/c1-10(5-6-17(15,16)8-10)13-9(14)7-11(12)3-2-4-11/h2-8,12H2,1H3,(H,13,14). The molecule has 1 aliphatic carbocycles. The van der Waals surface area contributed by atoms with Crippen LogP contribution in [0.2, 0.25) is 0 Å². The average molecular weight is 260 g/mol. The lowest BCUT2D eigenvalue weighted by atomic mass is 9.75. The van der Waals surface area contributed by atoms with E-state index in [2.05, 4.69) is 5.32 Å². The number of nitrogens with two attached hydrogens (primary N) is 1. The van der Waals surface area contributed by atoms with Crippen molar-refractivity contribution in [2.75, 3.05) is 11.5 Å². The molecule has 17 heavy (non-hydrogen) atoms. The molecule has 0 spiro atoms. The summed E-state index contributed by atoms with van der Waals surface area (Å²) in [5.41, 5.74) is 5.04. The van der Waals surface area contributed by atoms with Crippen LogP contribution in [0.5, 0.6) is 0 Å². The van der Waals surface area contributed by atoms with Crippen LogP contribution >= 0.6 is 0 Å². The van der Waals surface area contributed by atoms with Gasteiger partial charge in [0.05, 0.1) is 17.0 Å². The molecule has 1 unspecified atom stereocenters. The molecule has 0 aromatic rings. The lowest BCUT2D eigenvalue weighted by molar-refractivity contribution is -0.124. The molecule has 0 aromatic heterocycles.